The van der Waals surface area contributed by atoms with E-state index in [1.807, 2.05) is 110 Å². The molecule has 1 heterocycles. The average Bonchev–Trinajstić information content (AvgIpc) is 3.08. The van der Waals surface area contributed by atoms with Gasteiger partial charge in [0.25, 0.3) is 0 Å². The van der Waals surface area contributed by atoms with Gasteiger partial charge in [0.2, 0.25) is 5.88 Å². The predicted octanol–water partition coefficient (Wildman–Crippen LogP) is 7.54. The van der Waals surface area contributed by atoms with E-state index in [1.165, 1.54) is 5.56 Å². The van der Waals surface area contributed by atoms with Gasteiger partial charge in [-0.1, -0.05) is 103 Å². The van der Waals surface area contributed by atoms with E-state index in [0.717, 1.165) is 22.3 Å². The maximum atomic E-state index is 13.6. The van der Waals surface area contributed by atoms with Crippen molar-refractivity contribution >= 4 is 5.97 Å². The Balaban J connectivity index is 1.28. The van der Waals surface area contributed by atoms with Gasteiger partial charge in [-0.3, -0.25) is 4.79 Å². The van der Waals surface area contributed by atoms with Crippen LogP contribution in [0.1, 0.15) is 45.2 Å². The number of ether oxygens (including phenoxy) is 4. The first-order valence-corrected chi connectivity index (χ1v) is 14.8. The molecule has 0 bridgehead atoms. The number of carbonyl (C=O) groups excluding carboxylic acids is 1. The quantitative estimate of drug-likeness (QED) is 0.136. The number of allylic oxidation sites excluding steroid dienone is 1. The second-order valence-electron chi connectivity index (χ2n) is 11.0. The number of carbonyl (C=O) groups is 1. The van der Waals surface area contributed by atoms with Gasteiger partial charge < -0.3 is 24.7 Å². The first-order valence-electron chi connectivity index (χ1n) is 14.8. The second kappa shape index (κ2) is 13.3. The number of nitriles is 1. The van der Waals surface area contributed by atoms with Crippen LogP contribution in [0.15, 0.2) is 133 Å². The molecule has 1 aliphatic heterocycles. The van der Waals surface area contributed by atoms with Crippen LogP contribution >= 0.6 is 0 Å². The van der Waals surface area contributed by atoms with Crippen molar-refractivity contribution in [3.8, 4) is 29.1 Å². The van der Waals surface area contributed by atoms with Crippen LogP contribution in [-0.4, -0.2) is 13.1 Å². The molecule has 0 aliphatic carbocycles. The molecule has 5 aromatic rings. The highest BCUT2D eigenvalue weighted by Crippen LogP contribution is 2.45. The summed E-state index contributed by atoms with van der Waals surface area (Å²) in [4.78, 5) is 13.6. The predicted molar refractivity (Wildman–Crippen MR) is 175 cm³/mol. The van der Waals surface area contributed by atoms with Crippen LogP contribution in [0.5, 0.6) is 23.0 Å². The lowest BCUT2D eigenvalue weighted by atomic mass is 9.83. The van der Waals surface area contributed by atoms with Gasteiger partial charge in [-0.05, 0) is 47.4 Å². The van der Waals surface area contributed by atoms with Crippen LogP contribution in [0.25, 0.3) is 0 Å². The van der Waals surface area contributed by atoms with E-state index in [0.29, 0.717) is 35.2 Å². The van der Waals surface area contributed by atoms with Gasteiger partial charge in [0.1, 0.15) is 35.7 Å². The monoisotopic (exact) mass is 608 g/mol. The zero-order valence-corrected chi connectivity index (χ0v) is 25.5. The number of benzene rings is 5. The lowest BCUT2D eigenvalue weighted by Crippen LogP contribution is -2.22. The summed E-state index contributed by atoms with van der Waals surface area (Å²) in [5.74, 6) is 0.161. The van der Waals surface area contributed by atoms with Crippen molar-refractivity contribution < 1.29 is 23.7 Å². The first kappa shape index (κ1) is 30.0. The summed E-state index contributed by atoms with van der Waals surface area (Å²) in [5.41, 5.74) is 11.9. The van der Waals surface area contributed by atoms with E-state index in [1.54, 1.807) is 25.3 Å². The third kappa shape index (κ3) is 6.28. The summed E-state index contributed by atoms with van der Waals surface area (Å²) in [7, 11) is 1.57. The summed E-state index contributed by atoms with van der Waals surface area (Å²) >= 11 is 0. The Morgan fingerprint density at radius 3 is 2.17 bits per heavy atom. The fourth-order valence-electron chi connectivity index (χ4n) is 5.60. The summed E-state index contributed by atoms with van der Waals surface area (Å²) in [6, 6.07) is 40.0. The topological polar surface area (TPSA) is 104 Å². The summed E-state index contributed by atoms with van der Waals surface area (Å²) in [5, 5.41) is 10.1. The second-order valence-corrected chi connectivity index (χ2v) is 11.0. The molecule has 7 heteroatoms. The van der Waals surface area contributed by atoms with Crippen molar-refractivity contribution in [2.75, 3.05) is 7.11 Å². The summed E-state index contributed by atoms with van der Waals surface area (Å²) in [6.45, 7) is 2.42. The fourth-order valence-corrected chi connectivity index (χ4v) is 5.60. The molecule has 46 heavy (non-hydrogen) atoms. The molecule has 2 N–H and O–H groups in total. The van der Waals surface area contributed by atoms with Crippen LogP contribution in [0.3, 0.4) is 0 Å². The molecule has 1 unspecified atom stereocenters. The van der Waals surface area contributed by atoms with Crippen LogP contribution < -0.4 is 24.7 Å². The fraction of sp³-hybridized carbons (Fsp3) is 0.128. The maximum absolute atomic E-state index is 13.6. The molecule has 0 saturated heterocycles. The smallest absolute Gasteiger partial charge is 0.323 e. The van der Waals surface area contributed by atoms with Crippen LogP contribution in [0.4, 0.5) is 0 Å². The van der Waals surface area contributed by atoms with Gasteiger partial charge in [0.05, 0.1) is 13.0 Å². The summed E-state index contributed by atoms with van der Waals surface area (Å²) < 4.78 is 23.6. The van der Waals surface area contributed by atoms with E-state index in [-0.39, 0.29) is 11.5 Å². The molecule has 7 nitrogen and oxygen atoms in total. The molecule has 5 aromatic carbocycles. The van der Waals surface area contributed by atoms with Gasteiger partial charge in [-0.2, -0.15) is 5.26 Å². The number of esters is 1. The van der Waals surface area contributed by atoms with Crippen molar-refractivity contribution in [3.05, 3.63) is 166 Å². The Hall–Kier alpha value is -6.00. The number of rotatable bonds is 9. The van der Waals surface area contributed by atoms with Gasteiger partial charge in [0, 0.05) is 11.6 Å². The highest BCUT2D eigenvalue weighted by molar-refractivity contribution is 5.84. The number of nitrogens with two attached hydrogens (primary N) is 1. The van der Waals surface area contributed by atoms with Crippen LogP contribution in [0.2, 0.25) is 0 Å². The Labute approximate surface area is 268 Å². The summed E-state index contributed by atoms with van der Waals surface area (Å²) in [6.07, 6.45) is 0. The number of aryl methyl sites for hydroxylation is 1. The molecule has 1 aliphatic rings. The number of fused-ring (bicyclic) bond motifs is 1. The van der Waals surface area contributed by atoms with E-state index < -0.39 is 17.8 Å². The van der Waals surface area contributed by atoms with Crippen LogP contribution in [-0.2, 0) is 11.4 Å². The first-order chi connectivity index (χ1) is 22.4. The van der Waals surface area contributed by atoms with Crippen molar-refractivity contribution in [3.63, 3.8) is 0 Å². The SMILES string of the molecule is COc1cc(C2C(C#N)=C(N)Oc3cc(OC(=O)C(c4ccccc4)c4ccccc4)ccc32)ccc1OCc1ccc(C)cc1. The van der Waals surface area contributed by atoms with E-state index >= 15 is 0 Å². The van der Waals surface area contributed by atoms with Gasteiger partial charge in [0.15, 0.2) is 11.5 Å². The minimum atomic E-state index is -0.624. The Morgan fingerprint density at radius 2 is 1.54 bits per heavy atom. The van der Waals surface area contributed by atoms with Crippen molar-refractivity contribution in [2.24, 2.45) is 5.73 Å². The Morgan fingerprint density at radius 1 is 0.870 bits per heavy atom. The Kier molecular flexibility index (Phi) is 8.71. The minimum absolute atomic E-state index is 0.0198. The number of hydrogen-bond donors (Lipinski definition) is 1. The van der Waals surface area contributed by atoms with Crippen LogP contribution in [0, 0.1) is 18.3 Å². The normalized spacial score (nSPS) is 13.7. The Bertz CT molecular complexity index is 1890. The molecular formula is C39H32N2O5. The largest absolute Gasteiger partial charge is 0.493 e. The lowest BCUT2D eigenvalue weighted by Gasteiger charge is -2.27. The van der Waals surface area contributed by atoms with E-state index in [4.69, 9.17) is 24.7 Å². The van der Waals surface area contributed by atoms with Crippen molar-refractivity contribution in [2.45, 2.75) is 25.4 Å². The van der Waals surface area contributed by atoms with Gasteiger partial charge in [-0.25, -0.2) is 0 Å². The third-order valence-electron chi connectivity index (χ3n) is 7.95. The molecule has 0 saturated carbocycles. The maximum Gasteiger partial charge on any atom is 0.323 e. The molecule has 0 amide bonds. The van der Waals surface area contributed by atoms with Crippen molar-refractivity contribution in [1.82, 2.24) is 0 Å². The zero-order chi connectivity index (χ0) is 32.0. The van der Waals surface area contributed by atoms with Crippen molar-refractivity contribution in [1.29, 1.82) is 5.26 Å². The minimum Gasteiger partial charge on any atom is -0.493 e. The molecule has 1 atom stereocenters. The molecular weight excluding hydrogens is 576 g/mol. The van der Waals surface area contributed by atoms with Gasteiger partial charge >= 0.3 is 5.97 Å². The highest BCUT2D eigenvalue weighted by atomic mass is 16.5. The zero-order valence-electron chi connectivity index (χ0n) is 25.5. The third-order valence-corrected chi connectivity index (χ3v) is 7.95. The lowest BCUT2D eigenvalue weighted by molar-refractivity contribution is -0.135. The standard InChI is InChI=1S/C39H32N2O5/c1-25-13-15-26(16-14-25)24-44-33-20-17-29(21-35(33)43-2)37-31-19-18-30(22-34(31)46-38(41)32(37)23-40)45-39(42)36(27-9-5-3-6-10-27)28-11-7-4-8-12-28/h3-22,36-37H,24,41H2,1-2H3. The average molecular weight is 609 g/mol. The molecule has 0 aromatic heterocycles. The molecule has 0 radical (unpaired) electrons. The number of nitrogens with zero attached hydrogens (tertiary/aromatic N) is 1. The van der Waals surface area contributed by atoms with E-state index in [9.17, 15) is 10.1 Å². The number of methoxy groups -OCH3 is 1. The molecule has 0 fully saturated rings. The van der Waals surface area contributed by atoms with Gasteiger partial charge in [-0.15, -0.1) is 0 Å². The molecule has 0 spiro atoms. The number of hydrogen-bond acceptors (Lipinski definition) is 7. The van der Waals surface area contributed by atoms with E-state index in [2.05, 4.69) is 6.07 Å². The molecule has 6 rings (SSSR count). The molecule has 228 valence electrons. The highest BCUT2D eigenvalue weighted by Gasteiger charge is 2.32.